The van der Waals surface area contributed by atoms with Crippen molar-refractivity contribution >= 4 is 23.5 Å². The van der Waals surface area contributed by atoms with Gasteiger partial charge in [-0.25, -0.2) is 4.39 Å². The molecule has 124 valence electrons. The van der Waals surface area contributed by atoms with Gasteiger partial charge in [0, 0.05) is 28.5 Å². The Balaban J connectivity index is 1.59. The number of aromatic nitrogens is 3. The number of hydrogen-bond acceptors (Lipinski definition) is 4. The van der Waals surface area contributed by atoms with E-state index in [1.807, 2.05) is 30.3 Å². The highest BCUT2D eigenvalue weighted by molar-refractivity contribution is 8.02. The quantitative estimate of drug-likeness (QED) is 0.439. The average molecular weight is 359 g/mol. The Bertz CT molecular complexity index is 773. The Hall–Kier alpha value is -1.79. The fourth-order valence-corrected chi connectivity index (χ4v) is 4.19. The lowest BCUT2D eigenvalue weighted by Crippen LogP contribution is -2.00. The van der Waals surface area contributed by atoms with Gasteiger partial charge >= 0.3 is 0 Å². The second kappa shape index (κ2) is 8.35. The summed E-state index contributed by atoms with van der Waals surface area (Å²) < 4.78 is 15.0. The molecular formula is C18H18FN3S2. The molecule has 0 radical (unpaired) electrons. The lowest BCUT2D eigenvalue weighted by Gasteiger charge is -2.07. The third-order valence-corrected chi connectivity index (χ3v) is 5.70. The van der Waals surface area contributed by atoms with Gasteiger partial charge in [0.25, 0.3) is 0 Å². The van der Waals surface area contributed by atoms with Gasteiger partial charge in [-0.1, -0.05) is 42.1 Å². The van der Waals surface area contributed by atoms with Crippen LogP contribution in [0.4, 0.5) is 4.39 Å². The van der Waals surface area contributed by atoms with Gasteiger partial charge in [0.15, 0.2) is 11.0 Å². The summed E-state index contributed by atoms with van der Waals surface area (Å²) in [7, 11) is 0. The highest BCUT2D eigenvalue weighted by Crippen LogP contribution is 2.26. The van der Waals surface area contributed by atoms with E-state index >= 15 is 0 Å². The largest absolute Gasteiger partial charge is 0.302 e. The first kappa shape index (κ1) is 17.0. The van der Waals surface area contributed by atoms with E-state index in [2.05, 4.69) is 33.8 Å². The van der Waals surface area contributed by atoms with Gasteiger partial charge in [-0.3, -0.25) is 0 Å². The number of halogens is 1. The predicted octanol–water partition coefficient (Wildman–Crippen LogP) is 4.99. The molecule has 0 spiro atoms. The van der Waals surface area contributed by atoms with Crippen molar-refractivity contribution in [2.45, 2.75) is 23.5 Å². The van der Waals surface area contributed by atoms with Crippen molar-refractivity contribution in [2.24, 2.45) is 0 Å². The molecule has 6 heteroatoms. The molecule has 0 amide bonds. The molecule has 0 saturated carbocycles. The third-order valence-electron chi connectivity index (χ3n) is 3.46. The number of rotatable bonds is 7. The zero-order valence-electron chi connectivity index (χ0n) is 13.4. The summed E-state index contributed by atoms with van der Waals surface area (Å²) in [4.78, 5) is 1.08. The average Bonchev–Trinajstić information content (AvgIpc) is 3.04. The van der Waals surface area contributed by atoms with E-state index in [-0.39, 0.29) is 5.82 Å². The monoisotopic (exact) mass is 359 g/mol. The maximum atomic E-state index is 12.9. The molecule has 2 aromatic carbocycles. The zero-order chi connectivity index (χ0) is 16.8. The predicted molar refractivity (Wildman–Crippen MR) is 99.0 cm³/mol. The first-order valence-corrected chi connectivity index (χ1v) is 9.75. The van der Waals surface area contributed by atoms with Crippen molar-refractivity contribution in [3.05, 3.63) is 60.4 Å². The van der Waals surface area contributed by atoms with Crippen molar-refractivity contribution in [3.63, 3.8) is 0 Å². The van der Waals surface area contributed by atoms with Crippen LogP contribution in [0.5, 0.6) is 0 Å². The van der Waals surface area contributed by atoms with Crippen LogP contribution in [-0.2, 0) is 6.54 Å². The Kier molecular flexibility index (Phi) is 5.93. The smallest absolute Gasteiger partial charge is 0.191 e. The summed E-state index contributed by atoms with van der Waals surface area (Å²) in [6.45, 7) is 2.94. The number of nitrogens with zero attached hydrogens (tertiary/aromatic N) is 3. The molecule has 0 aliphatic rings. The molecule has 0 fully saturated rings. The van der Waals surface area contributed by atoms with Gasteiger partial charge < -0.3 is 4.57 Å². The van der Waals surface area contributed by atoms with E-state index < -0.39 is 0 Å². The summed E-state index contributed by atoms with van der Waals surface area (Å²) in [5.74, 6) is 2.58. The summed E-state index contributed by atoms with van der Waals surface area (Å²) in [5.41, 5.74) is 1.08. The number of hydrogen-bond donors (Lipinski definition) is 0. The molecule has 0 aliphatic carbocycles. The standard InChI is InChI=1S/C18H18FN3S2/c1-2-22-17(14-6-4-3-5-7-14)20-21-18(22)24-13-12-23-16-10-8-15(19)9-11-16/h3-11H,2,12-13H2,1H3. The van der Waals surface area contributed by atoms with Crippen LogP contribution in [0.3, 0.4) is 0 Å². The van der Waals surface area contributed by atoms with E-state index in [1.54, 1.807) is 23.5 Å². The molecule has 0 unspecified atom stereocenters. The van der Waals surface area contributed by atoms with Crippen LogP contribution in [0.25, 0.3) is 11.4 Å². The van der Waals surface area contributed by atoms with Gasteiger partial charge in [0.2, 0.25) is 0 Å². The highest BCUT2D eigenvalue weighted by Gasteiger charge is 2.12. The maximum Gasteiger partial charge on any atom is 0.191 e. The molecule has 0 bridgehead atoms. The minimum absolute atomic E-state index is 0.196. The first-order chi connectivity index (χ1) is 11.8. The molecule has 1 aromatic heterocycles. The lowest BCUT2D eigenvalue weighted by atomic mass is 10.2. The van der Waals surface area contributed by atoms with Crippen molar-refractivity contribution in [3.8, 4) is 11.4 Å². The molecule has 24 heavy (non-hydrogen) atoms. The molecule has 0 atom stereocenters. The van der Waals surface area contributed by atoms with Crippen LogP contribution < -0.4 is 0 Å². The van der Waals surface area contributed by atoms with Crippen LogP contribution in [0.2, 0.25) is 0 Å². The van der Waals surface area contributed by atoms with Crippen LogP contribution in [0.1, 0.15) is 6.92 Å². The van der Waals surface area contributed by atoms with Crippen LogP contribution >= 0.6 is 23.5 Å². The van der Waals surface area contributed by atoms with Crippen molar-refractivity contribution in [2.75, 3.05) is 11.5 Å². The second-order valence-corrected chi connectivity index (χ2v) is 7.30. The highest BCUT2D eigenvalue weighted by atomic mass is 32.2. The normalized spacial score (nSPS) is 10.9. The Labute approximate surface area is 149 Å². The minimum atomic E-state index is -0.196. The summed E-state index contributed by atoms with van der Waals surface area (Å²) in [6, 6.07) is 16.7. The second-order valence-electron chi connectivity index (χ2n) is 5.07. The zero-order valence-corrected chi connectivity index (χ0v) is 15.0. The van der Waals surface area contributed by atoms with Crippen molar-refractivity contribution in [1.82, 2.24) is 14.8 Å². The summed E-state index contributed by atoms with van der Waals surface area (Å²) >= 11 is 3.42. The van der Waals surface area contributed by atoms with Gasteiger partial charge in [0.05, 0.1) is 0 Å². The van der Waals surface area contributed by atoms with Crippen LogP contribution in [0, 0.1) is 5.82 Å². The van der Waals surface area contributed by atoms with E-state index in [0.29, 0.717) is 0 Å². The Morgan fingerprint density at radius 3 is 2.33 bits per heavy atom. The first-order valence-electron chi connectivity index (χ1n) is 7.77. The fourth-order valence-electron chi connectivity index (χ4n) is 2.30. The third kappa shape index (κ3) is 4.19. The molecular weight excluding hydrogens is 341 g/mol. The van der Waals surface area contributed by atoms with Gasteiger partial charge in [-0.15, -0.1) is 22.0 Å². The van der Waals surface area contributed by atoms with Crippen molar-refractivity contribution in [1.29, 1.82) is 0 Å². The van der Waals surface area contributed by atoms with Crippen LogP contribution in [0.15, 0.2) is 64.6 Å². The van der Waals surface area contributed by atoms with Crippen LogP contribution in [-0.4, -0.2) is 26.3 Å². The van der Waals surface area contributed by atoms with Gasteiger partial charge in [-0.2, -0.15) is 0 Å². The Morgan fingerprint density at radius 2 is 1.62 bits per heavy atom. The fraction of sp³-hybridized carbons (Fsp3) is 0.222. The van der Waals surface area contributed by atoms with E-state index in [9.17, 15) is 4.39 Å². The van der Waals surface area contributed by atoms with Gasteiger partial charge in [0.1, 0.15) is 5.82 Å². The summed E-state index contributed by atoms with van der Waals surface area (Å²) in [6.07, 6.45) is 0. The molecule has 0 aliphatic heterocycles. The minimum Gasteiger partial charge on any atom is -0.302 e. The lowest BCUT2D eigenvalue weighted by molar-refractivity contribution is 0.626. The van der Waals surface area contributed by atoms with Gasteiger partial charge in [-0.05, 0) is 31.2 Å². The number of benzene rings is 2. The molecule has 0 N–H and O–H groups in total. The molecule has 3 rings (SSSR count). The molecule has 0 saturated heterocycles. The topological polar surface area (TPSA) is 30.7 Å². The van der Waals surface area contributed by atoms with Crippen molar-refractivity contribution < 1.29 is 4.39 Å². The molecule has 3 aromatic rings. The Morgan fingerprint density at radius 1 is 0.917 bits per heavy atom. The summed E-state index contributed by atoms with van der Waals surface area (Å²) in [5, 5.41) is 9.62. The van der Waals surface area contributed by atoms with E-state index in [4.69, 9.17) is 0 Å². The maximum absolute atomic E-state index is 12.9. The number of thioether (sulfide) groups is 2. The molecule has 1 heterocycles. The van der Waals surface area contributed by atoms with E-state index in [0.717, 1.165) is 39.5 Å². The van der Waals surface area contributed by atoms with E-state index in [1.165, 1.54) is 12.1 Å². The SMILES string of the molecule is CCn1c(SCCSc2ccc(F)cc2)nnc1-c1ccccc1. The molecule has 3 nitrogen and oxygen atoms in total.